The Balaban J connectivity index is 0.000000379. The minimum Gasteiger partial charge on any atom is -0.183 e. The summed E-state index contributed by atoms with van der Waals surface area (Å²) < 4.78 is 0. The van der Waals surface area contributed by atoms with Gasteiger partial charge in [0.1, 0.15) is 0 Å². The van der Waals surface area contributed by atoms with E-state index in [0.29, 0.717) is 0 Å². The fourth-order valence-corrected chi connectivity index (χ4v) is 1.68. The summed E-state index contributed by atoms with van der Waals surface area (Å²) in [4.78, 5) is 0. The maximum atomic E-state index is 3.53. The predicted molar refractivity (Wildman–Crippen MR) is 69.3 cm³/mol. The third-order valence-corrected chi connectivity index (χ3v) is 2.26. The molecular formula is C13H22S. The van der Waals surface area contributed by atoms with E-state index in [1.54, 1.807) is 17.4 Å². The van der Waals surface area contributed by atoms with Crippen molar-refractivity contribution < 1.29 is 0 Å². The standard InChI is InChI=1S/C10H12.C2H6.CH4S/c1-2-6-10-8-4-3-7-9(10)5-1;2*1-2/h1-2,5-6H,3-4,7-8H2;1-2H3;2H,1H3. The first-order valence-corrected chi connectivity index (χ1v) is 6.38. The number of rotatable bonds is 0. The number of aryl methyl sites for hydroxylation is 2. The lowest BCUT2D eigenvalue weighted by atomic mass is 9.92. The molecule has 0 aliphatic heterocycles. The molecule has 0 nitrogen and oxygen atoms in total. The lowest BCUT2D eigenvalue weighted by Crippen LogP contribution is -2.00. The van der Waals surface area contributed by atoms with Crippen LogP contribution in [-0.2, 0) is 12.8 Å². The summed E-state index contributed by atoms with van der Waals surface area (Å²) in [6.45, 7) is 4.00. The van der Waals surface area contributed by atoms with Gasteiger partial charge in [0, 0.05) is 0 Å². The monoisotopic (exact) mass is 210 g/mol. The summed E-state index contributed by atoms with van der Waals surface area (Å²) in [5, 5.41) is 0. The molecule has 1 aliphatic rings. The van der Waals surface area contributed by atoms with Gasteiger partial charge in [-0.3, -0.25) is 0 Å². The Morgan fingerprint density at radius 3 is 1.57 bits per heavy atom. The minimum atomic E-state index is 1.30. The van der Waals surface area contributed by atoms with E-state index in [0.717, 1.165) is 0 Å². The summed E-state index contributed by atoms with van der Waals surface area (Å²) in [5.41, 5.74) is 3.16. The topological polar surface area (TPSA) is 0 Å². The normalized spacial score (nSPS) is 12.6. The van der Waals surface area contributed by atoms with E-state index in [1.807, 2.05) is 13.8 Å². The Bertz CT molecular complexity index is 205. The highest BCUT2D eigenvalue weighted by atomic mass is 32.1. The molecular weight excluding hydrogens is 188 g/mol. The van der Waals surface area contributed by atoms with Crippen LogP contribution < -0.4 is 0 Å². The van der Waals surface area contributed by atoms with Gasteiger partial charge in [-0.1, -0.05) is 38.1 Å². The van der Waals surface area contributed by atoms with Crippen LogP contribution in [0, 0.1) is 0 Å². The highest BCUT2D eigenvalue weighted by Crippen LogP contribution is 2.19. The van der Waals surface area contributed by atoms with E-state index in [2.05, 4.69) is 36.9 Å². The van der Waals surface area contributed by atoms with Crippen molar-refractivity contribution >= 4 is 12.6 Å². The molecule has 0 unspecified atom stereocenters. The lowest BCUT2D eigenvalue weighted by molar-refractivity contribution is 0.685. The minimum absolute atomic E-state index is 1.30. The molecule has 0 N–H and O–H groups in total. The largest absolute Gasteiger partial charge is 0.183 e. The summed E-state index contributed by atoms with van der Waals surface area (Å²) in [7, 11) is 0. The van der Waals surface area contributed by atoms with Gasteiger partial charge in [-0.2, -0.15) is 12.6 Å². The fourth-order valence-electron chi connectivity index (χ4n) is 1.68. The van der Waals surface area contributed by atoms with E-state index in [-0.39, 0.29) is 0 Å². The maximum Gasteiger partial charge on any atom is -0.0215 e. The SMILES string of the molecule is CC.CS.c1ccc2c(c1)CCCC2. The molecule has 0 aromatic heterocycles. The van der Waals surface area contributed by atoms with Gasteiger partial charge in [0.05, 0.1) is 0 Å². The average molecular weight is 210 g/mol. The quantitative estimate of drug-likeness (QED) is 0.611. The molecule has 0 saturated carbocycles. The van der Waals surface area contributed by atoms with Gasteiger partial charge < -0.3 is 0 Å². The number of benzene rings is 1. The molecule has 1 aromatic carbocycles. The van der Waals surface area contributed by atoms with Crippen molar-refractivity contribution in [2.45, 2.75) is 39.5 Å². The van der Waals surface area contributed by atoms with Crippen molar-refractivity contribution in [1.29, 1.82) is 0 Å². The van der Waals surface area contributed by atoms with E-state index >= 15 is 0 Å². The first kappa shape index (κ1) is 13.6. The fraction of sp³-hybridized carbons (Fsp3) is 0.538. The molecule has 1 heteroatoms. The Morgan fingerprint density at radius 1 is 0.857 bits per heavy atom. The molecule has 0 heterocycles. The van der Waals surface area contributed by atoms with E-state index in [1.165, 1.54) is 25.7 Å². The van der Waals surface area contributed by atoms with Crippen LogP contribution in [0.25, 0.3) is 0 Å². The van der Waals surface area contributed by atoms with Crippen LogP contribution in [0.3, 0.4) is 0 Å². The average Bonchev–Trinajstić information content (AvgIpc) is 2.34. The molecule has 0 atom stereocenters. The molecule has 80 valence electrons. The van der Waals surface area contributed by atoms with Gasteiger partial charge in [-0.25, -0.2) is 0 Å². The molecule has 0 fully saturated rings. The molecule has 14 heavy (non-hydrogen) atoms. The Hall–Kier alpha value is -0.430. The van der Waals surface area contributed by atoms with Gasteiger partial charge in [-0.15, -0.1) is 0 Å². The molecule has 1 aliphatic carbocycles. The van der Waals surface area contributed by atoms with Crippen molar-refractivity contribution in [3.63, 3.8) is 0 Å². The summed E-state index contributed by atoms with van der Waals surface area (Å²) >= 11 is 3.53. The number of hydrogen-bond donors (Lipinski definition) is 1. The smallest absolute Gasteiger partial charge is 0.0215 e. The van der Waals surface area contributed by atoms with E-state index < -0.39 is 0 Å². The van der Waals surface area contributed by atoms with Crippen molar-refractivity contribution in [1.82, 2.24) is 0 Å². The highest BCUT2D eigenvalue weighted by molar-refractivity contribution is 7.79. The van der Waals surface area contributed by atoms with Gasteiger partial charge in [0.2, 0.25) is 0 Å². The molecule has 0 spiro atoms. The van der Waals surface area contributed by atoms with E-state index in [4.69, 9.17) is 0 Å². The molecule has 1 aromatic rings. The zero-order valence-electron chi connectivity index (χ0n) is 9.59. The van der Waals surface area contributed by atoms with Crippen LogP contribution in [0.15, 0.2) is 24.3 Å². The molecule has 0 radical (unpaired) electrons. The zero-order valence-corrected chi connectivity index (χ0v) is 10.5. The third-order valence-electron chi connectivity index (χ3n) is 2.26. The highest BCUT2D eigenvalue weighted by Gasteiger charge is 2.05. The second-order valence-electron chi connectivity index (χ2n) is 2.98. The Kier molecular flexibility index (Phi) is 8.86. The maximum absolute atomic E-state index is 3.53. The predicted octanol–water partition coefficient (Wildman–Crippen LogP) is 4.14. The summed E-state index contributed by atoms with van der Waals surface area (Å²) in [6.07, 6.45) is 7.07. The first-order valence-electron chi connectivity index (χ1n) is 5.48. The van der Waals surface area contributed by atoms with Crippen LogP contribution in [0.4, 0.5) is 0 Å². The van der Waals surface area contributed by atoms with Crippen LogP contribution in [0.2, 0.25) is 0 Å². The second-order valence-corrected chi connectivity index (χ2v) is 2.98. The summed E-state index contributed by atoms with van der Waals surface area (Å²) in [6, 6.07) is 8.80. The Labute approximate surface area is 94.1 Å². The molecule has 0 bridgehead atoms. The van der Waals surface area contributed by atoms with Crippen LogP contribution in [-0.4, -0.2) is 6.26 Å². The molecule has 0 amide bonds. The first-order chi connectivity index (χ1) is 6.97. The van der Waals surface area contributed by atoms with Gasteiger partial charge in [-0.05, 0) is 43.1 Å². The van der Waals surface area contributed by atoms with Crippen molar-refractivity contribution in [3.8, 4) is 0 Å². The van der Waals surface area contributed by atoms with Crippen molar-refractivity contribution in [2.24, 2.45) is 0 Å². The summed E-state index contributed by atoms with van der Waals surface area (Å²) in [5.74, 6) is 0. The van der Waals surface area contributed by atoms with Gasteiger partial charge in [0.25, 0.3) is 0 Å². The van der Waals surface area contributed by atoms with Gasteiger partial charge >= 0.3 is 0 Å². The van der Waals surface area contributed by atoms with Crippen molar-refractivity contribution in [3.05, 3.63) is 35.4 Å². The van der Waals surface area contributed by atoms with E-state index in [9.17, 15) is 0 Å². The van der Waals surface area contributed by atoms with Gasteiger partial charge in [0.15, 0.2) is 0 Å². The zero-order chi connectivity index (χ0) is 10.8. The van der Waals surface area contributed by atoms with Crippen LogP contribution in [0.1, 0.15) is 37.8 Å². The Morgan fingerprint density at radius 2 is 1.21 bits per heavy atom. The number of hydrogen-bond acceptors (Lipinski definition) is 1. The van der Waals surface area contributed by atoms with Crippen LogP contribution in [0.5, 0.6) is 0 Å². The lowest BCUT2D eigenvalue weighted by Gasteiger charge is -2.13. The van der Waals surface area contributed by atoms with Crippen molar-refractivity contribution in [2.75, 3.05) is 6.26 Å². The number of thiol groups is 1. The third kappa shape index (κ3) is 4.19. The molecule has 0 saturated heterocycles. The van der Waals surface area contributed by atoms with Crippen LogP contribution >= 0.6 is 12.6 Å². The molecule has 2 rings (SSSR count). The second kappa shape index (κ2) is 9.14. The number of fused-ring (bicyclic) bond motifs is 1.